The van der Waals surface area contributed by atoms with Gasteiger partial charge in [-0.3, -0.25) is 0 Å². The summed E-state index contributed by atoms with van der Waals surface area (Å²) in [5.74, 6) is 0. The zero-order valence-corrected chi connectivity index (χ0v) is 10.0. The third-order valence-electron chi connectivity index (χ3n) is 1.59. The zero-order valence-electron chi connectivity index (χ0n) is 10.0. The fourth-order valence-corrected chi connectivity index (χ4v) is 0.631. The minimum Gasteiger partial charge on any atom is -0.367 e. The molecule has 7 nitrogen and oxygen atoms in total. The van der Waals surface area contributed by atoms with Gasteiger partial charge in [-0.05, 0) is 6.92 Å². The van der Waals surface area contributed by atoms with Gasteiger partial charge in [-0.1, -0.05) is 0 Å². The van der Waals surface area contributed by atoms with E-state index in [0.29, 0.717) is 13.1 Å². The molecule has 0 amide bonds. The van der Waals surface area contributed by atoms with Crippen LogP contribution in [0.4, 0.5) is 0 Å². The molecule has 0 saturated heterocycles. The van der Waals surface area contributed by atoms with Gasteiger partial charge in [0.05, 0.1) is 6.04 Å². The van der Waals surface area contributed by atoms with Crippen molar-refractivity contribution in [2.45, 2.75) is 19.3 Å². The average molecular weight is 237 g/mol. The predicted molar refractivity (Wildman–Crippen MR) is 65.7 cm³/mol. The first kappa shape index (κ1) is 18.1. The first-order valence-electron chi connectivity index (χ1n) is 5.49. The molecule has 0 aliphatic carbocycles. The van der Waals surface area contributed by atoms with Crippen LogP contribution in [0.1, 0.15) is 6.92 Å². The highest BCUT2D eigenvalue weighted by Gasteiger charge is 2.00. The molecule has 0 aromatic carbocycles. The van der Waals surface area contributed by atoms with E-state index < -0.39 is 12.3 Å². The molecule has 0 rings (SSSR count). The van der Waals surface area contributed by atoms with Crippen LogP contribution >= 0.6 is 0 Å². The lowest BCUT2D eigenvalue weighted by Crippen LogP contribution is -2.32. The molecule has 100 valence electrons. The van der Waals surface area contributed by atoms with Crippen molar-refractivity contribution in [1.29, 1.82) is 0 Å². The largest absolute Gasteiger partial charge is 0.367 e. The van der Waals surface area contributed by atoms with Crippen LogP contribution in [0.25, 0.3) is 0 Å². The first-order valence-corrected chi connectivity index (χ1v) is 5.49. The van der Waals surface area contributed by atoms with E-state index in [9.17, 15) is 0 Å². The molecular formula is C9H27N5O2. The maximum Gasteiger partial charge on any atom is 0.166 e. The van der Waals surface area contributed by atoms with Crippen LogP contribution in [0.2, 0.25) is 0 Å². The highest BCUT2D eigenvalue weighted by atomic mass is 16.5. The van der Waals surface area contributed by atoms with Crippen molar-refractivity contribution in [2.24, 2.45) is 17.2 Å². The van der Waals surface area contributed by atoms with E-state index in [1.54, 1.807) is 0 Å². The van der Waals surface area contributed by atoms with E-state index in [0.717, 1.165) is 26.2 Å². The van der Waals surface area contributed by atoms with Crippen molar-refractivity contribution in [3.63, 3.8) is 0 Å². The quantitative estimate of drug-likeness (QED) is 0.173. The molecule has 1 unspecified atom stereocenters. The number of hydrogen-bond donors (Lipinski definition) is 7. The predicted octanol–water partition coefficient (Wildman–Crippen LogP) is -3.27. The van der Waals surface area contributed by atoms with Crippen LogP contribution in [0.15, 0.2) is 0 Å². The molecule has 16 heavy (non-hydrogen) atoms. The number of aliphatic hydroxyl groups excluding tert-OH is 1. The van der Waals surface area contributed by atoms with Crippen molar-refractivity contribution in [3.8, 4) is 0 Å². The number of rotatable bonds is 8. The van der Waals surface area contributed by atoms with Gasteiger partial charge in [-0.2, -0.15) is 0 Å². The Morgan fingerprint density at radius 1 is 0.938 bits per heavy atom. The maximum atomic E-state index is 8.06. The highest BCUT2D eigenvalue weighted by molar-refractivity contribution is 4.52. The lowest BCUT2D eigenvalue weighted by atomic mass is 10.4. The molecule has 0 aromatic rings. The van der Waals surface area contributed by atoms with E-state index in [-0.39, 0.29) is 0 Å². The van der Waals surface area contributed by atoms with Crippen molar-refractivity contribution in [3.05, 3.63) is 0 Å². The van der Waals surface area contributed by atoms with Crippen LogP contribution < -0.4 is 27.8 Å². The Bertz CT molecular complexity index is 110. The molecule has 0 spiro atoms. The topological polar surface area (TPSA) is 143 Å². The standard InChI is InChI=1S/C6H18N4.C3H9NO2/c7-1-3-9-5-6-10-4-2-8;1-2(4)3(5)6/h9-10H,1-8H2;2-3,5-6H,4H2,1H3. The van der Waals surface area contributed by atoms with Gasteiger partial charge in [-0.15, -0.1) is 0 Å². The summed E-state index contributed by atoms with van der Waals surface area (Å²) in [7, 11) is 0. The van der Waals surface area contributed by atoms with E-state index in [1.807, 2.05) is 0 Å². The van der Waals surface area contributed by atoms with Crippen molar-refractivity contribution >= 4 is 0 Å². The summed E-state index contributed by atoms with van der Waals surface area (Å²) < 4.78 is 0. The molecule has 10 N–H and O–H groups in total. The van der Waals surface area contributed by atoms with Crippen LogP contribution in [-0.2, 0) is 0 Å². The molecule has 0 bridgehead atoms. The Hall–Kier alpha value is -0.280. The SMILES string of the molecule is CC(N)C(O)O.NCCNCCNCCN. The van der Waals surface area contributed by atoms with Crippen LogP contribution in [0.5, 0.6) is 0 Å². The second-order valence-corrected chi connectivity index (χ2v) is 3.35. The average Bonchev–Trinajstić information content (AvgIpc) is 2.24. The number of nitrogens with two attached hydrogens (primary N) is 3. The van der Waals surface area contributed by atoms with Gasteiger partial charge in [-0.25, -0.2) is 0 Å². The summed E-state index contributed by atoms with van der Waals surface area (Å²) in [6, 6.07) is -0.537. The normalized spacial score (nSPS) is 12.2. The van der Waals surface area contributed by atoms with Gasteiger partial charge in [0.1, 0.15) is 0 Å². The summed E-state index contributed by atoms with van der Waals surface area (Å²) in [6.07, 6.45) is -1.37. The minimum absolute atomic E-state index is 0.537. The third-order valence-corrected chi connectivity index (χ3v) is 1.59. The van der Waals surface area contributed by atoms with Gasteiger partial charge in [0.15, 0.2) is 6.29 Å². The maximum absolute atomic E-state index is 8.06. The second-order valence-electron chi connectivity index (χ2n) is 3.35. The third kappa shape index (κ3) is 19.3. The van der Waals surface area contributed by atoms with E-state index in [1.165, 1.54) is 6.92 Å². The van der Waals surface area contributed by atoms with Crippen LogP contribution in [0.3, 0.4) is 0 Å². The summed E-state index contributed by atoms with van der Waals surface area (Å²) in [6.45, 7) is 6.65. The molecule has 0 radical (unpaired) electrons. The van der Waals surface area contributed by atoms with Gasteiger partial charge >= 0.3 is 0 Å². The molecule has 0 aliphatic rings. The Morgan fingerprint density at radius 3 is 1.44 bits per heavy atom. The molecule has 0 aliphatic heterocycles. The summed E-state index contributed by atoms with van der Waals surface area (Å²) in [4.78, 5) is 0. The molecule has 0 saturated carbocycles. The van der Waals surface area contributed by atoms with Crippen LogP contribution in [0, 0.1) is 0 Å². The fraction of sp³-hybridized carbons (Fsp3) is 1.00. The first-order chi connectivity index (χ1) is 7.56. The molecule has 1 atom stereocenters. The summed E-state index contributed by atoms with van der Waals surface area (Å²) in [5.41, 5.74) is 15.5. The van der Waals surface area contributed by atoms with Crippen molar-refractivity contribution < 1.29 is 10.2 Å². The molecule has 0 aromatic heterocycles. The van der Waals surface area contributed by atoms with E-state index >= 15 is 0 Å². The fourth-order valence-electron chi connectivity index (χ4n) is 0.631. The molecule has 7 heteroatoms. The molecular weight excluding hydrogens is 210 g/mol. The van der Waals surface area contributed by atoms with Gasteiger partial charge in [0.25, 0.3) is 0 Å². The van der Waals surface area contributed by atoms with Crippen molar-refractivity contribution in [2.75, 3.05) is 39.3 Å². The lowest BCUT2D eigenvalue weighted by Gasteiger charge is -2.03. The minimum atomic E-state index is -1.37. The Kier molecular flexibility index (Phi) is 16.6. The Morgan fingerprint density at radius 2 is 1.25 bits per heavy atom. The summed E-state index contributed by atoms with van der Waals surface area (Å²) >= 11 is 0. The Balaban J connectivity index is 0. The highest BCUT2D eigenvalue weighted by Crippen LogP contribution is 1.77. The molecule has 0 heterocycles. The monoisotopic (exact) mass is 237 g/mol. The molecule has 0 fully saturated rings. The number of nitrogens with one attached hydrogen (secondary N) is 2. The van der Waals surface area contributed by atoms with E-state index in [2.05, 4.69) is 10.6 Å². The van der Waals surface area contributed by atoms with Crippen LogP contribution in [-0.4, -0.2) is 61.8 Å². The number of aliphatic hydroxyl groups is 2. The van der Waals surface area contributed by atoms with Crippen molar-refractivity contribution in [1.82, 2.24) is 10.6 Å². The smallest absolute Gasteiger partial charge is 0.166 e. The van der Waals surface area contributed by atoms with Gasteiger partial charge in [0.2, 0.25) is 0 Å². The van der Waals surface area contributed by atoms with E-state index in [4.69, 9.17) is 27.4 Å². The van der Waals surface area contributed by atoms with Gasteiger partial charge in [0, 0.05) is 39.3 Å². The second kappa shape index (κ2) is 14.7. The zero-order chi connectivity index (χ0) is 12.8. The summed E-state index contributed by atoms with van der Waals surface area (Å²) in [5, 5.41) is 22.5. The lowest BCUT2D eigenvalue weighted by molar-refractivity contribution is -0.0538. The van der Waals surface area contributed by atoms with Gasteiger partial charge < -0.3 is 38.0 Å². The number of hydrogen-bond acceptors (Lipinski definition) is 7. The Labute approximate surface area is 97.4 Å².